The summed E-state index contributed by atoms with van der Waals surface area (Å²) in [6, 6.07) is 5.24. The topological polar surface area (TPSA) is 105 Å². The van der Waals surface area contributed by atoms with Gasteiger partial charge in [-0.25, -0.2) is 22.8 Å². The summed E-state index contributed by atoms with van der Waals surface area (Å²) in [6.45, 7) is 5.81. The maximum absolute atomic E-state index is 14.4. The highest BCUT2D eigenvalue weighted by atomic mass is 19.1. The van der Waals surface area contributed by atoms with Gasteiger partial charge in [0.25, 0.3) is 5.91 Å². The molecule has 1 aliphatic rings. The predicted octanol–water partition coefficient (Wildman–Crippen LogP) is 4.64. The van der Waals surface area contributed by atoms with Crippen molar-refractivity contribution >= 4 is 29.4 Å². The van der Waals surface area contributed by atoms with Gasteiger partial charge in [-0.2, -0.15) is 0 Å². The molecule has 35 heavy (non-hydrogen) atoms. The molecule has 2 aromatic carbocycles. The number of hydrogen-bond acceptors (Lipinski definition) is 4. The Balaban J connectivity index is 1.84. The summed E-state index contributed by atoms with van der Waals surface area (Å²) >= 11 is 0. The summed E-state index contributed by atoms with van der Waals surface area (Å²) in [6.07, 6.45) is 0.188. The minimum absolute atomic E-state index is 0.205. The molecule has 0 atom stereocenters. The molecule has 0 radical (unpaired) electrons. The van der Waals surface area contributed by atoms with Crippen molar-refractivity contribution in [3.8, 4) is 0 Å². The number of piperidine rings is 1. The van der Waals surface area contributed by atoms with Crippen molar-refractivity contribution in [2.45, 2.75) is 45.3 Å². The highest BCUT2D eigenvalue weighted by molar-refractivity contribution is 6.03. The van der Waals surface area contributed by atoms with Gasteiger partial charge in [0.15, 0.2) is 0 Å². The van der Waals surface area contributed by atoms with E-state index in [0.29, 0.717) is 18.9 Å². The first-order valence-electron chi connectivity index (χ1n) is 11.0. The van der Waals surface area contributed by atoms with Crippen LogP contribution in [-0.4, -0.2) is 47.7 Å². The number of carbonyl (C=O) groups excluding carboxylic acids is 3. The van der Waals surface area contributed by atoms with E-state index < -0.39 is 58.4 Å². The van der Waals surface area contributed by atoms with E-state index in [-0.39, 0.29) is 18.8 Å². The number of urea groups is 1. The molecule has 3 rings (SSSR count). The third-order valence-electron chi connectivity index (χ3n) is 5.35. The lowest BCUT2D eigenvalue weighted by molar-refractivity contribution is 0.0206. The molecule has 8 nitrogen and oxygen atoms in total. The van der Waals surface area contributed by atoms with Crippen molar-refractivity contribution in [3.05, 3.63) is 59.4 Å². The zero-order valence-electron chi connectivity index (χ0n) is 19.6. The molecule has 0 aromatic heterocycles. The average Bonchev–Trinajstić information content (AvgIpc) is 2.75. The van der Waals surface area contributed by atoms with E-state index in [0.717, 1.165) is 12.1 Å². The second-order valence-corrected chi connectivity index (χ2v) is 9.15. The lowest BCUT2D eigenvalue weighted by Crippen LogP contribution is -2.51. The zero-order valence-corrected chi connectivity index (χ0v) is 19.6. The minimum atomic E-state index is -1.16. The molecule has 4 amide bonds. The molecule has 0 unspecified atom stereocenters. The van der Waals surface area contributed by atoms with Crippen LogP contribution in [0.1, 0.15) is 44.0 Å². The molecule has 0 bridgehead atoms. The molecule has 1 heterocycles. The number of nitrogens with two attached hydrogens (primary N) is 1. The number of carbonyl (C=O) groups is 3. The number of ether oxygens (including phenoxy) is 1. The minimum Gasteiger partial charge on any atom is -0.444 e. The molecule has 188 valence electrons. The molecular formula is C24H27F3N4O4. The van der Waals surface area contributed by atoms with Crippen LogP contribution in [0.5, 0.6) is 0 Å². The zero-order chi connectivity index (χ0) is 25.9. The van der Waals surface area contributed by atoms with Crippen LogP contribution in [0.15, 0.2) is 36.4 Å². The Morgan fingerprint density at radius 3 is 2.29 bits per heavy atom. The fraction of sp³-hybridized carbons (Fsp3) is 0.375. The summed E-state index contributed by atoms with van der Waals surface area (Å²) in [7, 11) is 0. The molecule has 0 spiro atoms. The molecule has 0 aliphatic carbocycles. The molecule has 1 fully saturated rings. The van der Waals surface area contributed by atoms with E-state index in [1.807, 2.05) is 0 Å². The Kier molecular flexibility index (Phi) is 7.57. The number of benzene rings is 2. The normalized spacial score (nSPS) is 14.4. The van der Waals surface area contributed by atoms with Gasteiger partial charge in [-0.15, -0.1) is 0 Å². The highest BCUT2D eigenvalue weighted by Gasteiger charge is 2.33. The number of nitrogens with zero attached hydrogens (tertiary/aromatic N) is 2. The Bertz CT molecular complexity index is 1130. The SMILES string of the molecule is CC(C)(C)OC(=O)N1CCC(N(C(=O)Nc2cc(C(N)=O)c(F)cc2F)c2cccc(F)c2)CC1. The fourth-order valence-corrected chi connectivity index (χ4v) is 3.76. The largest absolute Gasteiger partial charge is 0.444 e. The summed E-state index contributed by atoms with van der Waals surface area (Å²) in [4.78, 5) is 39.8. The molecule has 3 N–H and O–H groups in total. The third-order valence-corrected chi connectivity index (χ3v) is 5.35. The van der Waals surface area contributed by atoms with Crippen LogP contribution in [0.4, 0.5) is 34.1 Å². The van der Waals surface area contributed by atoms with Crippen LogP contribution < -0.4 is 16.0 Å². The van der Waals surface area contributed by atoms with Crippen molar-refractivity contribution in [2.24, 2.45) is 5.73 Å². The Labute approximate surface area is 200 Å². The third kappa shape index (κ3) is 6.43. The molecule has 11 heteroatoms. The van der Waals surface area contributed by atoms with E-state index >= 15 is 0 Å². The van der Waals surface area contributed by atoms with Gasteiger partial charge < -0.3 is 20.7 Å². The van der Waals surface area contributed by atoms with E-state index in [1.165, 1.54) is 28.0 Å². The lowest BCUT2D eigenvalue weighted by Gasteiger charge is -2.38. The lowest BCUT2D eigenvalue weighted by atomic mass is 10.0. The van der Waals surface area contributed by atoms with Crippen molar-refractivity contribution in [3.63, 3.8) is 0 Å². The van der Waals surface area contributed by atoms with Crippen LogP contribution in [-0.2, 0) is 4.74 Å². The van der Waals surface area contributed by atoms with Gasteiger partial charge in [0.05, 0.1) is 11.3 Å². The van der Waals surface area contributed by atoms with Crippen LogP contribution >= 0.6 is 0 Å². The maximum atomic E-state index is 14.4. The van der Waals surface area contributed by atoms with Crippen LogP contribution in [0.25, 0.3) is 0 Å². The summed E-state index contributed by atoms with van der Waals surface area (Å²) < 4.78 is 47.6. The number of anilines is 2. The number of likely N-dealkylation sites (tertiary alicyclic amines) is 1. The van der Waals surface area contributed by atoms with Gasteiger partial charge >= 0.3 is 12.1 Å². The maximum Gasteiger partial charge on any atom is 0.410 e. The average molecular weight is 492 g/mol. The summed E-state index contributed by atoms with van der Waals surface area (Å²) in [5.74, 6) is -3.99. The first-order chi connectivity index (χ1) is 16.4. The predicted molar refractivity (Wildman–Crippen MR) is 124 cm³/mol. The van der Waals surface area contributed by atoms with Gasteiger partial charge in [0.2, 0.25) is 0 Å². The van der Waals surface area contributed by atoms with Crippen LogP contribution in [0.2, 0.25) is 0 Å². The van der Waals surface area contributed by atoms with Crippen molar-refractivity contribution in [1.29, 1.82) is 0 Å². The number of primary amides is 1. The van der Waals surface area contributed by atoms with Gasteiger partial charge in [-0.3, -0.25) is 9.69 Å². The van der Waals surface area contributed by atoms with Crippen LogP contribution in [0, 0.1) is 17.5 Å². The molecule has 0 saturated carbocycles. The fourth-order valence-electron chi connectivity index (χ4n) is 3.76. The van der Waals surface area contributed by atoms with Gasteiger partial charge in [-0.05, 0) is 57.9 Å². The first-order valence-corrected chi connectivity index (χ1v) is 11.0. The molecule has 2 aromatic rings. The van der Waals surface area contributed by atoms with E-state index in [9.17, 15) is 27.6 Å². The van der Waals surface area contributed by atoms with Gasteiger partial charge in [0, 0.05) is 30.9 Å². The number of nitrogens with one attached hydrogen (secondary N) is 1. The number of hydrogen-bond donors (Lipinski definition) is 2. The van der Waals surface area contributed by atoms with Crippen molar-refractivity contribution in [2.75, 3.05) is 23.3 Å². The highest BCUT2D eigenvalue weighted by Crippen LogP contribution is 2.27. The van der Waals surface area contributed by atoms with Crippen molar-refractivity contribution in [1.82, 2.24) is 4.90 Å². The second-order valence-electron chi connectivity index (χ2n) is 9.15. The van der Waals surface area contributed by atoms with Crippen LogP contribution in [0.3, 0.4) is 0 Å². The second kappa shape index (κ2) is 10.2. The Morgan fingerprint density at radius 1 is 1.06 bits per heavy atom. The van der Waals surface area contributed by atoms with Gasteiger partial charge in [0.1, 0.15) is 23.1 Å². The summed E-state index contributed by atoms with van der Waals surface area (Å²) in [5, 5.41) is 2.32. The molecule has 1 aliphatic heterocycles. The van der Waals surface area contributed by atoms with E-state index in [1.54, 1.807) is 20.8 Å². The number of rotatable bonds is 4. The Morgan fingerprint density at radius 2 is 1.71 bits per heavy atom. The smallest absolute Gasteiger partial charge is 0.410 e. The summed E-state index contributed by atoms with van der Waals surface area (Å²) in [5.41, 5.74) is 3.60. The van der Waals surface area contributed by atoms with Gasteiger partial charge in [-0.1, -0.05) is 6.07 Å². The number of amides is 4. The Hall–Kier alpha value is -3.76. The first kappa shape index (κ1) is 25.9. The number of halogens is 3. The standard InChI is InChI=1S/C24H27F3N4O4/c1-24(2,3)35-23(34)30-9-7-15(8-10-30)31(16-6-4-5-14(25)11-16)22(33)29-20-12-17(21(28)32)18(26)13-19(20)27/h4-6,11-13,15H,7-10H2,1-3H3,(H2,28,32)(H,29,33). The monoisotopic (exact) mass is 492 g/mol. The quantitative estimate of drug-likeness (QED) is 0.649. The van der Waals surface area contributed by atoms with Crippen molar-refractivity contribution < 1.29 is 32.3 Å². The van der Waals surface area contributed by atoms with E-state index in [2.05, 4.69) is 5.32 Å². The van der Waals surface area contributed by atoms with E-state index in [4.69, 9.17) is 10.5 Å². The molecule has 1 saturated heterocycles. The molecular weight excluding hydrogens is 465 g/mol.